The van der Waals surface area contributed by atoms with E-state index in [2.05, 4.69) is 5.32 Å². The van der Waals surface area contributed by atoms with E-state index in [1.807, 2.05) is 30.3 Å². The maximum atomic E-state index is 12.7. The van der Waals surface area contributed by atoms with Gasteiger partial charge in [-0.3, -0.25) is 9.59 Å². The molecule has 1 atom stereocenters. The number of nitrogens with one attached hydrogen (secondary N) is 1. The number of methoxy groups -OCH3 is 2. The monoisotopic (exact) mass is 357 g/mol. The highest BCUT2D eigenvalue weighted by Gasteiger charge is 2.17. The van der Waals surface area contributed by atoms with Crippen molar-refractivity contribution in [2.75, 3.05) is 14.2 Å². The first-order valence-corrected chi connectivity index (χ1v) is 8.31. The maximum absolute atomic E-state index is 12.7. The minimum absolute atomic E-state index is 0.0147. The highest BCUT2D eigenvalue weighted by atomic mass is 16.5. The zero-order valence-electron chi connectivity index (χ0n) is 14.9. The second-order valence-corrected chi connectivity index (χ2v) is 5.89. The molecule has 6 nitrogen and oxygen atoms in total. The van der Waals surface area contributed by atoms with Gasteiger partial charge in [0, 0.05) is 24.1 Å². The quantitative estimate of drug-likeness (QED) is 0.721. The number of aliphatic carboxylic acids is 1. The Morgan fingerprint density at radius 2 is 1.65 bits per heavy atom. The molecule has 0 heterocycles. The summed E-state index contributed by atoms with van der Waals surface area (Å²) < 4.78 is 10.4. The van der Waals surface area contributed by atoms with Crippen LogP contribution in [0.3, 0.4) is 0 Å². The molecule has 0 saturated carbocycles. The number of carboxylic acid groups (broad SMARTS) is 1. The average molecular weight is 357 g/mol. The predicted molar refractivity (Wildman–Crippen MR) is 97.8 cm³/mol. The predicted octanol–water partition coefficient (Wildman–Crippen LogP) is 2.91. The maximum Gasteiger partial charge on any atom is 0.303 e. The van der Waals surface area contributed by atoms with Crippen LogP contribution in [-0.4, -0.2) is 37.2 Å². The summed E-state index contributed by atoms with van der Waals surface area (Å²) in [7, 11) is 3.03. The molecule has 2 N–H and O–H groups in total. The van der Waals surface area contributed by atoms with E-state index in [1.54, 1.807) is 18.2 Å². The molecule has 2 aromatic carbocycles. The normalized spacial score (nSPS) is 11.5. The Morgan fingerprint density at radius 1 is 1.04 bits per heavy atom. The third kappa shape index (κ3) is 5.81. The number of hydrogen-bond donors (Lipinski definition) is 2. The summed E-state index contributed by atoms with van der Waals surface area (Å²) in [6.45, 7) is 0. The molecule has 2 rings (SSSR count). The third-order valence-electron chi connectivity index (χ3n) is 3.98. The molecule has 0 fully saturated rings. The largest absolute Gasteiger partial charge is 0.497 e. The van der Waals surface area contributed by atoms with Crippen LogP contribution in [0.4, 0.5) is 0 Å². The van der Waals surface area contributed by atoms with Crippen LogP contribution in [-0.2, 0) is 11.2 Å². The number of carboxylic acids is 1. The number of carbonyl (C=O) groups excluding carboxylic acids is 1. The van der Waals surface area contributed by atoms with Gasteiger partial charge in [0.1, 0.15) is 11.5 Å². The fourth-order valence-electron chi connectivity index (χ4n) is 2.63. The van der Waals surface area contributed by atoms with Crippen molar-refractivity contribution in [3.8, 4) is 11.5 Å². The van der Waals surface area contributed by atoms with Gasteiger partial charge in [-0.25, -0.2) is 0 Å². The van der Waals surface area contributed by atoms with E-state index in [4.69, 9.17) is 14.6 Å². The van der Waals surface area contributed by atoms with Crippen LogP contribution in [0.5, 0.6) is 11.5 Å². The van der Waals surface area contributed by atoms with Crippen LogP contribution in [0.2, 0.25) is 0 Å². The summed E-state index contributed by atoms with van der Waals surface area (Å²) in [5.41, 5.74) is 1.43. The summed E-state index contributed by atoms with van der Waals surface area (Å²) in [5, 5.41) is 11.9. The van der Waals surface area contributed by atoms with Gasteiger partial charge in [-0.15, -0.1) is 0 Å². The van der Waals surface area contributed by atoms with Crippen LogP contribution in [0.15, 0.2) is 48.5 Å². The molecule has 0 bridgehead atoms. The van der Waals surface area contributed by atoms with Gasteiger partial charge in [-0.2, -0.15) is 0 Å². The van der Waals surface area contributed by atoms with Gasteiger partial charge >= 0.3 is 5.97 Å². The van der Waals surface area contributed by atoms with Crippen LogP contribution in [0, 0.1) is 0 Å². The van der Waals surface area contributed by atoms with E-state index in [1.165, 1.54) is 14.2 Å². The van der Waals surface area contributed by atoms with Crippen molar-refractivity contribution in [3.05, 3.63) is 59.7 Å². The first kappa shape index (κ1) is 19.3. The molecule has 1 amide bonds. The van der Waals surface area contributed by atoms with Crippen molar-refractivity contribution in [1.82, 2.24) is 5.32 Å². The molecule has 0 aliphatic heterocycles. The molecule has 0 radical (unpaired) electrons. The molecule has 138 valence electrons. The lowest BCUT2D eigenvalue weighted by atomic mass is 10.0. The van der Waals surface area contributed by atoms with E-state index < -0.39 is 5.97 Å². The van der Waals surface area contributed by atoms with Crippen molar-refractivity contribution in [2.24, 2.45) is 0 Å². The lowest BCUT2D eigenvalue weighted by molar-refractivity contribution is -0.137. The van der Waals surface area contributed by atoms with Gasteiger partial charge in [0.05, 0.1) is 14.2 Å². The van der Waals surface area contributed by atoms with Crippen molar-refractivity contribution in [2.45, 2.75) is 25.3 Å². The number of benzene rings is 2. The standard InChI is InChI=1S/C20H23NO5/c1-25-17-11-15(12-18(13-17)26-2)20(24)21-16(8-9-19(22)23)10-14-6-4-3-5-7-14/h3-7,11-13,16H,8-10H2,1-2H3,(H,21,24)(H,22,23). The van der Waals surface area contributed by atoms with Crippen molar-refractivity contribution < 1.29 is 24.2 Å². The second kappa shape index (κ2) is 9.46. The lowest BCUT2D eigenvalue weighted by Crippen LogP contribution is -2.37. The average Bonchev–Trinajstić information content (AvgIpc) is 2.66. The van der Waals surface area contributed by atoms with Crippen molar-refractivity contribution >= 4 is 11.9 Å². The fraction of sp³-hybridized carbons (Fsp3) is 0.300. The Balaban J connectivity index is 2.15. The van der Waals surface area contributed by atoms with Gasteiger partial charge in [0.2, 0.25) is 0 Å². The SMILES string of the molecule is COc1cc(OC)cc(C(=O)NC(CCC(=O)O)Cc2ccccc2)c1. The highest BCUT2D eigenvalue weighted by molar-refractivity contribution is 5.95. The Bertz CT molecular complexity index is 723. The van der Waals surface area contributed by atoms with E-state index in [-0.39, 0.29) is 18.4 Å². The van der Waals surface area contributed by atoms with Crippen LogP contribution < -0.4 is 14.8 Å². The Morgan fingerprint density at radius 3 is 2.19 bits per heavy atom. The number of rotatable bonds is 9. The summed E-state index contributed by atoms with van der Waals surface area (Å²) in [6.07, 6.45) is 0.886. The second-order valence-electron chi connectivity index (χ2n) is 5.89. The summed E-state index contributed by atoms with van der Waals surface area (Å²) in [6, 6.07) is 14.3. The van der Waals surface area contributed by atoms with E-state index in [0.29, 0.717) is 29.9 Å². The molecule has 0 aliphatic carbocycles. The zero-order chi connectivity index (χ0) is 18.9. The minimum Gasteiger partial charge on any atom is -0.497 e. The molecule has 1 unspecified atom stereocenters. The lowest BCUT2D eigenvalue weighted by Gasteiger charge is -2.19. The first-order chi connectivity index (χ1) is 12.5. The summed E-state index contributed by atoms with van der Waals surface area (Å²) >= 11 is 0. The number of amides is 1. The molecular formula is C20H23NO5. The van der Waals surface area contributed by atoms with Gasteiger partial charge in [-0.1, -0.05) is 30.3 Å². The minimum atomic E-state index is -0.889. The Kier molecular flexibility index (Phi) is 7.02. The van der Waals surface area contributed by atoms with E-state index in [9.17, 15) is 9.59 Å². The van der Waals surface area contributed by atoms with E-state index >= 15 is 0 Å². The summed E-state index contributed by atoms with van der Waals surface area (Å²) in [5.74, 6) is -0.159. The fourth-order valence-corrected chi connectivity index (χ4v) is 2.63. The molecule has 26 heavy (non-hydrogen) atoms. The molecule has 2 aromatic rings. The molecule has 0 aromatic heterocycles. The van der Waals surface area contributed by atoms with E-state index in [0.717, 1.165) is 5.56 Å². The molecular weight excluding hydrogens is 334 g/mol. The highest BCUT2D eigenvalue weighted by Crippen LogP contribution is 2.22. The van der Waals surface area contributed by atoms with Crippen LogP contribution in [0.1, 0.15) is 28.8 Å². The van der Waals surface area contributed by atoms with Crippen LogP contribution >= 0.6 is 0 Å². The summed E-state index contributed by atoms with van der Waals surface area (Å²) in [4.78, 5) is 23.6. The molecule has 0 aliphatic rings. The van der Waals surface area contributed by atoms with Gasteiger partial charge in [0.15, 0.2) is 0 Å². The van der Waals surface area contributed by atoms with Crippen LogP contribution in [0.25, 0.3) is 0 Å². The number of hydrogen-bond acceptors (Lipinski definition) is 4. The smallest absolute Gasteiger partial charge is 0.303 e. The van der Waals surface area contributed by atoms with Crippen molar-refractivity contribution in [1.29, 1.82) is 0 Å². The van der Waals surface area contributed by atoms with Gasteiger partial charge in [-0.05, 0) is 30.5 Å². The van der Waals surface area contributed by atoms with Gasteiger partial charge < -0.3 is 19.9 Å². The molecule has 6 heteroatoms. The number of ether oxygens (including phenoxy) is 2. The number of carbonyl (C=O) groups is 2. The molecule has 0 saturated heterocycles. The Labute approximate surface area is 152 Å². The topological polar surface area (TPSA) is 84.9 Å². The van der Waals surface area contributed by atoms with Gasteiger partial charge in [0.25, 0.3) is 5.91 Å². The first-order valence-electron chi connectivity index (χ1n) is 8.31. The Hall–Kier alpha value is -3.02. The zero-order valence-corrected chi connectivity index (χ0v) is 14.9. The third-order valence-corrected chi connectivity index (χ3v) is 3.98. The molecule has 0 spiro atoms. The van der Waals surface area contributed by atoms with Crippen molar-refractivity contribution in [3.63, 3.8) is 0 Å².